The van der Waals surface area contributed by atoms with Crippen LogP contribution in [0.3, 0.4) is 0 Å². The first-order valence-electron chi connectivity index (χ1n) is 10.8. The van der Waals surface area contributed by atoms with Crippen molar-refractivity contribution in [2.75, 3.05) is 45.2 Å². The number of anilines is 1. The van der Waals surface area contributed by atoms with E-state index in [9.17, 15) is 9.59 Å². The highest BCUT2D eigenvalue weighted by Crippen LogP contribution is 2.33. The lowest BCUT2D eigenvalue weighted by atomic mass is 10.0. The maximum atomic E-state index is 13.4. The van der Waals surface area contributed by atoms with Crippen LogP contribution in [-0.2, 0) is 14.3 Å². The first kappa shape index (κ1) is 23.4. The van der Waals surface area contributed by atoms with Crippen LogP contribution in [0.5, 0.6) is 0 Å². The van der Waals surface area contributed by atoms with Gasteiger partial charge in [0.25, 0.3) is 0 Å². The Morgan fingerprint density at radius 1 is 1.39 bits per heavy atom. The number of morpholine rings is 1. The molecule has 1 atom stereocenters. The molecule has 0 bridgehead atoms. The Kier molecular flexibility index (Phi) is 6.58. The van der Waals surface area contributed by atoms with Gasteiger partial charge in [0.1, 0.15) is 6.04 Å². The van der Waals surface area contributed by atoms with E-state index in [2.05, 4.69) is 15.3 Å². The Balaban J connectivity index is 1.61. The van der Waals surface area contributed by atoms with E-state index in [4.69, 9.17) is 21.4 Å². The number of aliphatic hydroxyl groups is 1. The van der Waals surface area contributed by atoms with Gasteiger partial charge in [-0.2, -0.15) is 0 Å². The van der Waals surface area contributed by atoms with Gasteiger partial charge in [-0.25, -0.2) is 0 Å². The maximum absolute atomic E-state index is 13.4. The molecule has 1 aromatic carbocycles. The number of carbonyl (C=O) groups is 2. The number of benzene rings is 1. The van der Waals surface area contributed by atoms with Crippen molar-refractivity contribution in [3.63, 3.8) is 0 Å². The molecule has 33 heavy (non-hydrogen) atoms. The van der Waals surface area contributed by atoms with Gasteiger partial charge in [-0.3, -0.25) is 19.5 Å². The highest BCUT2D eigenvalue weighted by molar-refractivity contribution is 6.33. The van der Waals surface area contributed by atoms with E-state index in [0.29, 0.717) is 17.3 Å². The second-order valence-corrected chi connectivity index (χ2v) is 9.38. The molecule has 9 nitrogen and oxygen atoms in total. The van der Waals surface area contributed by atoms with E-state index >= 15 is 0 Å². The largest absolute Gasteiger partial charge is 0.395 e. The van der Waals surface area contributed by atoms with Crippen molar-refractivity contribution >= 4 is 50.9 Å². The van der Waals surface area contributed by atoms with Gasteiger partial charge < -0.3 is 25.0 Å². The zero-order chi connectivity index (χ0) is 23.8. The molecule has 176 valence electrons. The summed E-state index contributed by atoms with van der Waals surface area (Å²) in [6.07, 6.45) is 3.43. The summed E-state index contributed by atoms with van der Waals surface area (Å²) in [5, 5.41) is 14.4. The van der Waals surface area contributed by atoms with Crippen LogP contribution in [0.4, 0.5) is 5.69 Å². The van der Waals surface area contributed by atoms with Crippen molar-refractivity contribution in [1.82, 2.24) is 19.8 Å². The Hall–Kier alpha value is -2.72. The van der Waals surface area contributed by atoms with E-state index < -0.39 is 11.6 Å². The highest BCUT2D eigenvalue weighted by atomic mass is 35.5. The third-order valence-electron chi connectivity index (χ3n) is 5.89. The molecule has 2 amide bonds. The maximum Gasteiger partial charge on any atom is 0.244 e. The van der Waals surface area contributed by atoms with Gasteiger partial charge in [0.15, 0.2) is 0 Å². The molecule has 0 aliphatic carbocycles. The quantitative estimate of drug-likeness (QED) is 0.506. The predicted molar refractivity (Wildman–Crippen MR) is 127 cm³/mol. The van der Waals surface area contributed by atoms with Crippen molar-refractivity contribution in [2.45, 2.75) is 25.5 Å². The smallest absolute Gasteiger partial charge is 0.244 e. The number of hydrogen-bond acceptors (Lipinski definition) is 6. The molecule has 3 aromatic rings. The van der Waals surface area contributed by atoms with Crippen molar-refractivity contribution < 1.29 is 19.4 Å². The van der Waals surface area contributed by atoms with Crippen molar-refractivity contribution in [2.24, 2.45) is 0 Å². The van der Waals surface area contributed by atoms with Crippen LogP contribution in [0.1, 0.15) is 13.8 Å². The Morgan fingerprint density at radius 3 is 2.94 bits per heavy atom. The minimum Gasteiger partial charge on any atom is -0.395 e. The van der Waals surface area contributed by atoms with Gasteiger partial charge in [0.2, 0.25) is 11.8 Å². The summed E-state index contributed by atoms with van der Waals surface area (Å²) >= 11 is 6.36. The summed E-state index contributed by atoms with van der Waals surface area (Å²) in [6.45, 7) is 4.57. The first-order valence-corrected chi connectivity index (χ1v) is 11.1. The standard InChI is InChI=1S/C23H28ClN5O4/c1-23(2)13-29(11-20(31)28(3)6-7-30)19(12-33-23)22(32)27-17-9-14(24)8-16-15-4-5-25-10-18(15)26-21(16)17/h4-5,8-10,19,26,30H,6-7,11-13H2,1-3H3,(H,27,32)/t19-/m0/s1. The summed E-state index contributed by atoms with van der Waals surface area (Å²) in [5.74, 6) is -0.462. The number of amides is 2. The fraction of sp³-hybridized carbons (Fsp3) is 0.435. The number of likely N-dealkylation sites (N-methyl/N-ethyl adjacent to an activating group) is 1. The zero-order valence-corrected chi connectivity index (χ0v) is 19.6. The minimum atomic E-state index is -0.662. The average molecular weight is 474 g/mol. The van der Waals surface area contributed by atoms with Crippen molar-refractivity contribution in [1.29, 1.82) is 0 Å². The third kappa shape index (κ3) is 4.96. The molecule has 1 fully saturated rings. The van der Waals surface area contributed by atoms with Crippen LogP contribution in [0.2, 0.25) is 5.02 Å². The Labute approximate surface area is 196 Å². The second kappa shape index (κ2) is 9.26. The van der Waals surface area contributed by atoms with Gasteiger partial charge in [-0.1, -0.05) is 11.6 Å². The number of fused-ring (bicyclic) bond motifs is 3. The van der Waals surface area contributed by atoms with Gasteiger partial charge in [-0.15, -0.1) is 0 Å². The SMILES string of the molecule is CN(CCO)C(=O)CN1CC(C)(C)OC[C@H]1C(=O)Nc1cc(Cl)cc2c1[nH]c1cnccc12. The van der Waals surface area contributed by atoms with Crippen LogP contribution < -0.4 is 5.32 Å². The number of hydrogen-bond donors (Lipinski definition) is 3. The number of pyridine rings is 1. The van der Waals surface area contributed by atoms with E-state index in [1.807, 2.05) is 30.9 Å². The Bertz CT molecular complexity index is 1190. The molecule has 0 spiro atoms. The fourth-order valence-corrected chi connectivity index (χ4v) is 4.38. The summed E-state index contributed by atoms with van der Waals surface area (Å²) in [5.41, 5.74) is 1.64. The lowest BCUT2D eigenvalue weighted by Gasteiger charge is -2.42. The van der Waals surface area contributed by atoms with Crippen LogP contribution in [-0.4, -0.2) is 88.2 Å². The molecule has 0 saturated carbocycles. The number of nitrogens with zero attached hydrogens (tertiary/aromatic N) is 3. The summed E-state index contributed by atoms with van der Waals surface area (Å²) in [7, 11) is 1.63. The van der Waals surface area contributed by atoms with Crippen LogP contribution in [0.15, 0.2) is 30.6 Å². The molecule has 0 radical (unpaired) electrons. The van der Waals surface area contributed by atoms with Gasteiger partial charge in [0, 0.05) is 42.1 Å². The summed E-state index contributed by atoms with van der Waals surface area (Å²) < 4.78 is 5.91. The van der Waals surface area contributed by atoms with E-state index in [0.717, 1.165) is 21.8 Å². The number of rotatable bonds is 6. The molecule has 0 unspecified atom stereocenters. The molecule has 1 aliphatic rings. The number of carbonyl (C=O) groups excluding carboxylic acids is 2. The summed E-state index contributed by atoms with van der Waals surface area (Å²) in [4.78, 5) is 36.7. The fourth-order valence-electron chi connectivity index (χ4n) is 4.16. The third-order valence-corrected chi connectivity index (χ3v) is 6.11. The van der Waals surface area contributed by atoms with Gasteiger partial charge in [0.05, 0.1) is 48.3 Å². The van der Waals surface area contributed by atoms with Crippen LogP contribution >= 0.6 is 11.6 Å². The van der Waals surface area contributed by atoms with Gasteiger partial charge in [-0.05, 0) is 32.0 Å². The van der Waals surface area contributed by atoms with Crippen LogP contribution in [0.25, 0.3) is 21.8 Å². The molecular formula is C23H28ClN5O4. The molecule has 3 heterocycles. The van der Waals surface area contributed by atoms with E-state index in [1.54, 1.807) is 25.5 Å². The van der Waals surface area contributed by atoms with E-state index in [-0.39, 0.29) is 38.1 Å². The predicted octanol–water partition coefficient (Wildman–Crippen LogP) is 2.24. The number of H-pyrrole nitrogens is 1. The number of aromatic nitrogens is 2. The van der Waals surface area contributed by atoms with E-state index in [1.165, 1.54) is 4.90 Å². The number of nitrogens with one attached hydrogen (secondary N) is 2. The highest BCUT2D eigenvalue weighted by Gasteiger charge is 2.39. The lowest BCUT2D eigenvalue weighted by molar-refractivity contribution is -0.150. The topological polar surface area (TPSA) is 111 Å². The number of halogens is 1. The van der Waals surface area contributed by atoms with Gasteiger partial charge >= 0.3 is 0 Å². The summed E-state index contributed by atoms with van der Waals surface area (Å²) in [6, 6.07) is 4.77. The molecule has 10 heteroatoms. The Morgan fingerprint density at radius 2 is 2.18 bits per heavy atom. The lowest BCUT2D eigenvalue weighted by Crippen LogP contribution is -2.60. The molecule has 1 aliphatic heterocycles. The zero-order valence-electron chi connectivity index (χ0n) is 18.9. The molecular weight excluding hydrogens is 446 g/mol. The second-order valence-electron chi connectivity index (χ2n) is 8.94. The monoisotopic (exact) mass is 473 g/mol. The van der Waals surface area contributed by atoms with Crippen LogP contribution in [0, 0.1) is 0 Å². The van der Waals surface area contributed by atoms with Crippen molar-refractivity contribution in [3.8, 4) is 0 Å². The molecule has 4 rings (SSSR count). The normalized spacial score (nSPS) is 18.5. The number of aliphatic hydroxyl groups excluding tert-OH is 1. The average Bonchev–Trinajstić information content (AvgIpc) is 3.12. The minimum absolute atomic E-state index is 0.0460. The van der Waals surface area contributed by atoms with Crippen molar-refractivity contribution in [3.05, 3.63) is 35.6 Å². The molecule has 3 N–H and O–H groups in total. The number of ether oxygens (including phenoxy) is 1. The molecule has 2 aromatic heterocycles. The first-order chi connectivity index (χ1) is 15.7. The number of aromatic amines is 1. The molecule has 1 saturated heterocycles.